The molecule has 0 aliphatic heterocycles. The summed E-state index contributed by atoms with van der Waals surface area (Å²) in [6, 6.07) is 3.12. The first-order valence-corrected chi connectivity index (χ1v) is 6.64. The molecule has 2 aliphatic rings. The van der Waals surface area contributed by atoms with Gasteiger partial charge in [0.1, 0.15) is 5.69 Å². The molecule has 5 nitrogen and oxygen atoms in total. The highest BCUT2D eigenvalue weighted by Crippen LogP contribution is 2.44. The van der Waals surface area contributed by atoms with Crippen LogP contribution in [0.15, 0.2) is 18.3 Å². The number of aromatic carboxylic acids is 1. The minimum Gasteiger partial charge on any atom is -0.478 e. The number of aromatic nitrogens is 1. The van der Waals surface area contributed by atoms with Gasteiger partial charge in [-0.25, -0.2) is 4.79 Å². The van der Waals surface area contributed by atoms with E-state index < -0.39 is 5.97 Å². The smallest absolute Gasteiger partial charge is 0.338 e. The van der Waals surface area contributed by atoms with Gasteiger partial charge in [-0.1, -0.05) is 6.42 Å². The van der Waals surface area contributed by atoms with Crippen LogP contribution in [0.1, 0.15) is 46.5 Å². The lowest BCUT2D eigenvalue weighted by atomic mass is 9.95. The normalized spacial score (nSPS) is 28.3. The lowest BCUT2D eigenvalue weighted by Gasteiger charge is -2.22. The summed E-state index contributed by atoms with van der Waals surface area (Å²) in [5.41, 5.74) is -0.0269. The molecular formula is C14H16N2O3. The van der Waals surface area contributed by atoms with Crippen molar-refractivity contribution in [2.45, 2.75) is 31.7 Å². The molecule has 0 saturated heterocycles. The number of amides is 1. The van der Waals surface area contributed by atoms with Gasteiger partial charge in [-0.3, -0.25) is 9.78 Å². The fourth-order valence-corrected chi connectivity index (χ4v) is 3.42. The summed E-state index contributed by atoms with van der Waals surface area (Å²) in [6.45, 7) is 0. The van der Waals surface area contributed by atoms with Crippen molar-refractivity contribution in [1.82, 2.24) is 10.3 Å². The van der Waals surface area contributed by atoms with Gasteiger partial charge in [-0.05, 0) is 43.2 Å². The minimum absolute atomic E-state index is 0.0118. The van der Waals surface area contributed by atoms with Crippen LogP contribution in [0.5, 0.6) is 0 Å². The van der Waals surface area contributed by atoms with Crippen LogP contribution in [0, 0.1) is 11.8 Å². The summed E-state index contributed by atoms with van der Waals surface area (Å²) in [5, 5.41) is 12.0. The Labute approximate surface area is 111 Å². The highest BCUT2D eigenvalue weighted by Gasteiger charge is 2.40. The van der Waals surface area contributed by atoms with Crippen molar-refractivity contribution < 1.29 is 14.7 Å². The molecule has 2 fully saturated rings. The van der Waals surface area contributed by atoms with Crippen molar-refractivity contribution in [2.24, 2.45) is 11.8 Å². The second-order valence-electron chi connectivity index (χ2n) is 5.46. The molecule has 2 bridgehead atoms. The van der Waals surface area contributed by atoms with Gasteiger partial charge in [-0.2, -0.15) is 0 Å². The SMILES string of the molecule is O=C(O)c1cccnc1C(=O)NC1CC2CCC1C2. The van der Waals surface area contributed by atoms with Crippen molar-refractivity contribution >= 4 is 11.9 Å². The summed E-state index contributed by atoms with van der Waals surface area (Å²) >= 11 is 0. The molecule has 1 heterocycles. The third kappa shape index (κ3) is 2.20. The van der Waals surface area contributed by atoms with Gasteiger partial charge >= 0.3 is 5.97 Å². The summed E-state index contributed by atoms with van der Waals surface area (Å²) in [6.07, 6.45) is 6.09. The first-order chi connectivity index (χ1) is 9.15. The van der Waals surface area contributed by atoms with E-state index in [4.69, 9.17) is 5.11 Å². The van der Waals surface area contributed by atoms with Gasteiger partial charge < -0.3 is 10.4 Å². The zero-order valence-electron chi connectivity index (χ0n) is 10.5. The first-order valence-electron chi connectivity index (χ1n) is 6.64. The number of nitrogens with zero attached hydrogens (tertiary/aromatic N) is 1. The van der Waals surface area contributed by atoms with Crippen LogP contribution in [0.2, 0.25) is 0 Å². The van der Waals surface area contributed by atoms with Crippen molar-refractivity contribution in [3.63, 3.8) is 0 Å². The highest BCUT2D eigenvalue weighted by molar-refractivity contribution is 6.03. The predicted molar refractivity (Wildman–Crippen MR) is 67.9 cm³/mol. The standard InChI is InChI=1S/C14H16N2O3/c17-13(12-10(14(18)19)2-1-5-15-12)16-11-7-8-3-4-9(11)6-8/h1-2,5,8-9,11H,3-4,6-7H2,(H,16,17)(H,18,19). The lowest BCUT2D eigenvalue weighted by molar-refractivity contribution is 0.0689. The number of carbonyl (C=O) groups excluding carboxylic acids is 1. The summed E-state index contributed by atoms with van der Waals surface area (Å²) in [5.74, 6) is -0.189. The van der Waals surface area contributed by atoms with Crippen LogP contribution in [0.3, 0.4) is 0 Å². The molecule has 1 aromatic heterocycles. The van der Waals surface area contributed by atoms with E-state index in [1.165, 1.54) is 37.6 Å². The number of hydrogen-bond acceptors (Lipinski definition) is 3. The van der Waals surface area contributed by atoms with Gasteiger partial charge in [0.15, 0.2) is 0 Å². The largest absolute Gasteiger partial charge is 0.478 e. The van der Waals surface area contributed by atoms with E-state index in [9.17, 15) is 9.59 Å². The maximum atomic E-state index is 12.2. The Hall–Kier alpha value is -1.91. The first kappa shape index (κ1) is 12.1. The van der Waals surface area contributed by atoms with Gasteiger partial charge in [0.25, 0.3) is 5.91 Å². The Morgan fingerprint density at radius 1 is 1.32 bits per heavy atom. The summed E-state index contributed by atoms with van der Waals surface area (Å²) < 4.78 is 0. The fraction of sp³-hybridized carbons (Fsp3) is 0.500. The van der Waals surface area contributed by atoms with Gasteiger partial charge in [0.05, 0.1) is 5.56 Å². The van der Waals surface area contributed by atoms with E-state index in [0.717, 1.165) is 12.3 Å². The zero-order chi connectivity index (χ0) is 13.4. The van der Waals surface area contributed by atoms with Crippen LogP contribution in [0.4, 0.5) is 0 Å². The number of carbonyl (C=O) groups is 2. The molecule has 0 radical (unpaired) electrons. The molecule has 3 atom stereocenters. The molecular weight excluding hydrogens is 244 g/mol. The Morgan fingerprint density at radius 3 is 2.79 bits per heavy atom. The molecule has 1 aromatic rings. The molecule has 0 aromatic carbocycles. The maximum Gasteiger partial charge on any atom is 0.338 e. The molecule has 1 amide bonds. The average Bonchev–Trinajstić information content (AvgIpc) is 3.01. The van der Waals surface area contributed by atoms with Crippen LogP contribution in [-0.2, 0) is 0 Å². The van der Waals surface area contributed by atoms with Crippen LogP contribution in [-0.4, -0.2) is 28.0 Å². The number of carboxylic acid groups (broad SMARTS) is 1. The molecule has 3 unspecified atom stereocenters. The molecule has 2 N–H and O–H groups in total. The zero-order valence-corrected chi connectivity index (χ0v) is 10.5. The minimum atomic E-state index is -1.12. The Balaban J connectivity index is 1.76. The van der Waals surface area contributed by atoms with E-state index in [0.29, 0.717) is 5.92 Å². The van der Waals surface area contributed by atoms with Crippen LogP contribution >= 0.6 is 0 Å². The third-order valence-electron chi connectivity index (χ3n) is 4.31. The van der Waals surface area contributed by atoms with Crippen LogP contribution < -0.4 is 5.32 Å². The second-order valence-corrected chi connectivity index (χ2v) is 5.46. The monoisotopic (exact) mass is 260 g/mol. The molecule has 3 rings (SSSR count). The van der Waals surface area contributed by atoms with E-state index in [1.54, 1.807) is 0 Å². The third-order valence-corrected chi connectivity index (χ3v) is 4.31. The van der Waals surface area contributed by atoms with Crippen molar-refractivity contribution in [3.8, 4) is 0 Å². The van der Waals surface area contributed by atoms with E-state index in [2.05, 4.69) is 10.3 Å². The Morgan fingerprint density at radius 2 is 2.16 bits per heavy atom. The summed E-state index contributed by atoms with van der Waals surface area (Å²) in [7, 11) is 0. The predicted octanol–water partition coefficient (Wildman–Crippen LogP) is 1.70. The van der Waals surface area contributed by atoms with E-state index in [1.807, 2.05) is 0 Å². The Bertz CT molecular complexity index is 529. The quantitative estimate of drug-likeness (QED) is 0.867. The second kappa shape index (κ2) is 4.64. The molecule has 2 aliphatic carbocycles. The maximum absolute atomic E-state index is 12.2. The molecule has 5 heteroatoms. The number of pyridine rings is 1. The summed E-state index contributed by atoms with van der Waals surface area (Å²) in [4.78, 5) is 27.1. The number of carboxylic acids is 1. The number of fused-ring (bicyclic) bond motifs is 2. The molecule has 2 saturated carbocycles. The van der Waals surface area contributed by atoms with Crippen molar-refractivity contribution in [3.05, 3.63) is 29.6 Å². The fourth-order valence-electron chi connectivity index (χ4n) is 3.42. The molecule has 19 heavy (non-hydrogen) atoms. The molecule has 0 spiro atoms. The van der Waals surface area contributed by atoms with Gasteiger partial charge in [0.2, 0.25) is 0 Å². The van der Waals surface area contributed by atoms with E-state index >= 15 is 0 Å². The average molecular weight is 260 g/mol. The van der Waals surface area contributed by atoms with Gasteiger partial charge in [0, 0.05) is 12.2 Å². The van der Waals surface area contributed by atoms with E-state index in [-0.39, 0.29) is 23.2 Å². The number of hydrogen-bond donors (Lipinski definition) is 2. The van der Waals surface area contributed by atoms with Crippen molar-refractivity contribution in [2.75, 3.05) is 0 Å². The highest BCUT2D eigenvalue weighted by atomic mass is 16.4. The van der Waals surface area contributed by atoms with Crippen LogP contribution in [0.25, 0.3) is 0 Å². The number of nitrogens with one attached hydrogen (secondary N) is 1. The number of rotatable bonds is 3. The Kier molecular flexibility index (Phi) is 2.97. The van der Waals surface area contributed by atoms with Gasteiger partial charge in [-0.15, -0.1) is 0 Å². The lowest BCUT2D eigenvalue weighted by Crippen LogP contribution is -2.39. The van der Waals surface area contributed by atoms with Crippen molar-refractivity contribution in [1.29, 1.82) is 0 Å². The topological polar surface area (TPSA) is 79.3 Å². The molecule has 100 valence electrons.